The molecule has 0 unspecified atom stereocenters. The van der Waals surface area contributed by atoms with Gasteiger partial charge in [0.05, 0.1) is 14.2 Å². The molecule has 1 aliphatic carbocycles. The lowest BCUT2D eigenvalue weighted by Crippen LogP contribution is -2.42. The lowest BCUT2D eigenvalue weighted by Gasteiger charge is -2.17. The molecule has 1 aliphatic rings. The Labute approximate surface area is 136 Å². The Kier molecular flexibility index (Phi) is 6.02. The third-order valence-corrected chi connectivity index (χ3v) is 3.70. The Hall–Kier alpha value is -2.50. The molecule has 6 nitrogen and oxygen atoms in total. The molecule has 0 heterocycles. The number of hydrogen-bond donors (Lipinski definition) is 2. The lowest BCUT2D eigenvalue weighted by molar-refractivity contribution is 0.0597. The number of esters is 1. The van der Waals surface area contributed by atoms with Crippen molar-refractivity contribution in [3.8, 4) is 5.75 Å². The predicted octanol–water partition coefficient (Wildman–Crippen LogP) is 1.87. The van der Waals surface area contributed by atoms with Gasteiger partial charge in [-0.05, 0) is 30.5 Å². The normalized spacial score (nSPS) is 14.7. The van der Waals surface area contributed by atoms with Crippen molar-refractivity contribution < 1.29 is 14.3 Å². The van der Waals surface area contributed by atoms with Crippen LogP contribution in [0.2, 0.25) is 0 Å². The Morgan fingerprint density at radius 2 is 2.04 bits per heavy atom. The number of aliphatic imine (C=N–C) groups is 1. The molecule has 0 amide bonds. The Balaban J connectivity index is 2.00. The highest BCUT2D eigenvalue weighted by molar-refractivity contribution is 5.92. The number of nitrogens with zero attached hydrogens (tertiary/aromatic N) is 1. The van der Waals surface area contributed by atoms with E-state index in [-0.39, 0.29) is 0 Å². The zero-order chi connectivity index (χ0) is 16.7. The van der Waals surface area contributed by atoms with Gasteiger partial charge in [0, 0.05) is 19.6 Å². The molecule has 0 aliphatic heterocycles. The molecular weight excluding hydrogens is 294 g/mol. The van der Waals surface area contributed by atoms with Gasteiger partial charge in [-0.1, -0.05) is 18.2 Å². The molecular formula is C17H23N3O3. The zero-order valence-corrected chi connectivity index (χ0v) is 13.8. The minimum atomic E-state index is -0.414. The van der Waals surface area contributed by atoms with Crippen molar-refractivity contribution >= 4 is 11.9 Å². The summed E-state index contributed by atoms with van der Waals surface area (Å²) in [6, 6.07) is 5.83. The molecule has 0 saturated carbocycles. The third-order valence-electron chi connectivity index (χ3n) is 3.70. The number of methoxy groups -OCH3 is 2. The topological polar surface area (TPSA) is 72.0 Å². The van der Waals surface area contributed by atoms with E-state index < -0.39 is 5.97 Å². The molecule has 2 rings (SSSR count). The maximum absolute atomic E-state index is 11.8. The van der Waals surface area contributed by atoms with Gasteiger partial charge in [0.2, 0.25) is 0 Å². The number of ether oxygens (including phenoxy) is 2. The van der Waals surface area contributed by atoms with E-state index in [4.69, 9.17) is 9.47 Å². The number of rotatable bonds is 5. The fraction of sp³-hybridized carbons (Fsp3) is 0.412. The quantitative estimate of drug-likeness (QED) is 0.375. The second-order valence-corrected chi connectivity index (χ2v) is 5.24. The molecule has 124 valence electrons. The average Bonchev–Trinajstić information content (AvgIpc) is 3.10. The number of carbonyl (C=O) groups excluding carboxylic acids is 1. The maximum Gasteiger partial charge on any atom is 0.341 e. The van der Waals surface area contributed by atoms with Crippen LogP contribution in [0.4, 0.5) is 0 Å². The summed E-state index contributed by atoms with van der Waals surface area (Å²) in [5.74, 6) is 0.831. The number of benzene rings is 1. The largest absolute Gasteiger partial charge is 0.496 e. The van der Waals surface area contributed by atoms with E-state index in [0.29, 0.717) is 23.9 Å². The van der Waals surface area contributed by atoms with Gasteiger partial charge < -0.3 is 20.1 Å². The minimum absolute atomic E-state index is 0.391. The number of hydrogen-bond acceptors (Lipinski definition) is 4. The summed E-state index contributed by atoms with van der Waals surface area (Å²) in [6.07, 6.45) is 6.35. The molecule has 0 saturated heterocycles. The first-order chi connectivity index (χ1) is 11.2. The number of carbonyl (C=O) groups is 1. The monoisotopic (exact) mass is 317 g/mol. The van der Waals surface area contributed by atoms with Gasteiger partial charge in [-0.25, -0.2) is 4.79 Å². The van der Waals surface area contributed by atoms with E-state index in [0.717, 1.165) is 24.4 Å². The smallest absolute Gasteiger partial charge is 0.341 e. The van der Waals surface area contributed by atoms with Gasteiger partial charge in [0.25, 0.3) is 0 Å². The van der Waals surface area contributed by atoms with Crippen LogP contribution in [0.15, 0.2) is 35.3 Å². The second-order valence-electron chi connectivity index (χ2n) is 5.24. The summed E-state index contributed by atoms with van der Waals surface area (Å²) in [7, 11) is 4.63. The first kappa shape index (κ1) is 16.9. The van der Waals surface area contributed by atoms with Crippen LogP contribution in [-0.4, -0.2) is 39.2 Å². The molecule has 0 spiro atoms. The van der Waals surface area contributed by atoms with Gasteiger partial charge in [0.1, 0.15) is 11.3 Å². The van der Waals surface area contributed by atoms with Crippen LogP contribution in [0.25, 0.3) is 0 Å². The molecule has 2 N–H and O–H groups in total. The number of nitrogens with one attached hydrogen (secondary N) is 2. The van der Waals surface area contributed by atoms with Crippen molar-refractivity contribution in [2.24, 2.45) is 4.99 Å². The summed E-state index contributed by atoms with van der Waals surface area (Å²) in [4.78, 5) is 16.0. The fourth-order valence-electron chi connectivity index (χ4n) is 2.44. The van der Waals surface area contributed by atoms with Gasteiger partial charge in [-0.15, -0.1) is 0 Å². The van der Waals surface area contributed by atoms with E-state index in [9.17, 15) is 4.79 Å². The predicted molar refractivity (Wildman–Crippen MR) is 89.8 cm³/mol. The summed E-state index contributed by atoms with van der Waals surface area (Å²) in [5.41, 5.74) is 1.36. The summed E-state index contributed by atoms with van der Waals surface area (Å²) >= 11 is 0. The second kappa shape index (κ2) is 8.22. The van der Waals surface area contributed by atoms with Crippen molar-refractivity contribution in [2.75, 3.05) is 21.3 Å². The van der Waals surface area contributed by atoms with Crippen LogP contribution in [0, 0.1) is 0 Å². The first-order valence-corrected chi connectivity index (χ1v) is 7.55. The van der Waals surface area contributed by atoms with Crippen LogP contribution in [0.3, 0.4) is 0 Å². The van der Waals surface area contributed by atoms with E-state index in [1.807, 2.05) is 6.07 Å². The lowest BCUT2D eigenvalue weighted by atomic mass is 10.1. The van der Waals surface area contributed by atoms with Gasteiger partial charge >= 0.3 is 5.97 Å². The molecule has 0 fully saturated rings. The third kappa shape index (κ3) is 4.48. The van der Waals surface area contributed by atoms with Crippen LogP contribution in [0.5, 0.6) is 5.75 Å². The highest BCUT2D eigenvalue weighted by Crippen LogP contribution is 2.20. The molecule has 23 heavy (non-hydrogen) atoms. The van der Waals surface area contributed by atoms with E-state index >= 15 is 0 Å². The van der Waals surface area contributed by atoms with Crippen molar-refractivity contribution in [1.82, 2.24) is 10.6 Å². The van der Waals surface area contributed by atoms with Crippen LogP contribution < -0.4 is 15.4 Å². The Morgan fingerprint density at radius 1 is 1.30 bits per heavy atom. The Morgan fingerprint density at radius 3 is 2.65 bits per heavy atom. The van der Waals surface area contributed by atoms with Crippen molar-refractivity contribution in [2.45, 2.75) is 25.4 Å². The van der Waals surface area contributed by atoms with Crippen molar-refractivity contribution in [3.05, 3.63) is 41.5 Å². The summed E-state index contributed by atoms with van der Waals surface area (Å²) < 4.78 is 9.98. The molecule has 0 bridgehead atoms. The molecule has 0 radical (unpaired) electrons. The fourth-order valence-corrected chi connectivity index (χ4v) is 2.44. The van der Waals surface area contributed by atoms with Crippen molar-refractivity contribution in [1.29, 1.82) is 0 Å². The van der Waals surface area contributed by atoms with Crippen LogP contribution in [-0.2, 0) is 11.3 Å². The summed E-state index contributed by atoms with van der Waals surface area (Å²) in [6.45, 7) is 0.549. The van der Waals surface area contributed by atoms with Crippen LogP contribution >= 0.6 is 0 Å². The first-order valence-electron chi connectivity index (χ1n) is 7.55. The van der Waals surface area contributed by atoms with Gasteiger partial charge in [-0.2, -0.15) is 0 Å². The van der Waals surface area contributed by atoms with Gasteiger partial charge in [0.15, 0.2) is 5.96 Å². The standard InChI is InChI=1S/C17H23N3O3/c1-18-17(20-13-6-4-5-7-13)19-11-12-8-9-15(22-2)14(10-12)16(21)23-3/h4-5,8-10,13H,6-7,11H2,1-3H3,(H2,18,19,20). The van der Waals surface area contributed by atoms with Crippen molar-refractivity contribution in [3.63, 3.8) is 0 Å². The van der Waals surface area contributed by atoms with E-state index in [2.05, 4.69) is 27.8 Å². The van der Waals surface area contributed by atoms with E-state index in [1.165, 1.54) is 14.2 Å². The summed E-state index contributed by atoms with van der Waals surface area (Å²) in [5, 5.41) is 6.62. The highest BCUT2D eigenvalue weighted by Gasteiger charge is 2.14. The van der Waals surface area contributed by atoms with Crippen LogP contribution in [0.1, 0.15) is 28.8 Å². The minimum Gasteiger partial charge on any atom is -0.496 e. The molecule has 0 atom stereocenters. The SMILES string of the molecule is CN=C(NCc1ccc(OC)c(C(=O)OC)c1)NC1CC=CC1. The van der Waals surface area contributed by atoms with E-state index in [1.54, 1.807) is 19.2 Å². The van der Waals surface area contributed by atoms with Gasteiger partial charge in [-0.3, -0.25) is 4.99 Å². The molecule has 0 aromatic heterocycles. The molecule has 1 aromatic rings. The Bertz CT molecular complexity index is 603. The average molecular weight is 317 g/mol. The maximum atomic E-state index is 11.8. The zero-order valence-electron chi connectivity index (χ0n) is 13.8. The highest BCUT2D eigenvalue weighted by atomic mass is 16.5. The number of guanidine groups is 1. The molecule has 6 heteroatoms. The molecule has 1 aromatic carbocycles.